The largest absolute Gasteiger partial charge is 0.468 e. The van der Waals surface area contributed by atoms with Crippen molar-refractivity contribution in [3.63, 3.8) is 0 Å². The number of aryl methyl sites for hydroxylation is 2. The number of esters is 1. The van der Waals surface area contributed by atoms with Crippen LogP contribution in [0, 0.1) is 13.8 Å². The smallest absolute Gasteiger partial charge is 0.316 e. The molecule has 0 saturated heterocycles. The molecule has 8 nitrogen and oxygen atoms in total. The molecular formula is C17H23N5O3S. The van der Waals surface area contributed by atoms with Crippen LogP contribution in [0.2, 0.25) is 0 Å². The number of carbonyl (C=O) groups excluding carboxylic acids is 2. The van der Waals surface area contributed by atoms with Gasteiger partial charge in [-0.3, -0.25) is 14.2 Å². The molecule has 2 aromatic rings. The van der Waals surface area contributed by atoms with Crippen LogP contribution >= 0.6 is 11.8 Å². The maximum Gasteiger partial charge on any atom is 0.316 e. The summed E-state index contributed by atoms with van der Waals surface area (Å²) < 4.78 is 6.18. The molecule has 0 aliphatic rings. The summed E-state index contributed by atoms with van der Waals surface area (Å²) in [5.41, 5.74) is 8.67. The second-order valence-corrected chi connectivity index (χ2v) is 6.70. The summed E-state index contributed by atoms with van der Waals surface area (Å²) in [5, 5.41) is 11.2. The van der Waals surface area contributed by atoms with E-state index in [1.54, 1.807) is 4.57 Å². The van der Waals surface area contributed by atoms with Crippen molar-refractivity contribution in [1.29, 1.82) is 0 Å². The Bertz CT molecular complexity index is 785. The van der Waals surface area contributed by atoms with E-state index in [0.29, 0.717) is 11.6 Å². The normalized spacial score (nSPS) is 11.8. The average molecular weight is 377 g/mol. The van der Waals surface area contributed by atoms with Crippen molar-refractivity contribution >= 4 is 35.3 Å². The molecule has 0 bridgehead atoms. The molecule has 1 heterocycles. The van der Waals surface area contributed by atoms with Crippen LogP contribution in [0.15, 0.2) is 23.4 Å². The molecule has 0 spiro atoms. The van der Waals surface area contributed by atoms with Crippen molar-refractivity contribution in [2.24, 2.45) is 0 Å². The number of hydrogen-bond donors (Lipinski definition) is 2. The highest BCUT2D eigenvalue weighted by Crippen LogP contribution is 2.27. The van der Waals surface area contributed by atoms with Crippen molar-refractivity contribution in [1.82, 2.24) is 14.8 Å². The van der Waals surface area contributed by atoms with E-state index in [1.807, 2.05) is 39.0 Å². The fourth-order valence-corrected chi connectivity index (χ4v) is 3.39. The third-order valence-electron chi connectivity index (χ3n) is 3.97. The SMILES string of the molecule is CCC(C(=O)Nc1c(C)cccc1C)n1c(N)nnc1SCC(=O)OC. The average Bonchev–Trinajstić information content (AvgIpc) is 2.97. The second kappa shape index (κ2) is 8.70. The molecule has 0 aliphatic heterocycles. The number of rotatable bonds is 7. The Hall–Kier alpha value is -2.55. The van der Waals surface area contributed by atoms with Gasteiger partial charge in [-0.2, -0.15) is 0 Å². The second-order valence-electron chi connectivity index (χ2n) is 5.76. The van der Waals surface area contributed by atoms with Crippen molar-refractivity contribution in [2.45, 2.75) is 38.4 Å². The summed E-state index contributed by atoms with van der Waals surface area (Å²) in [6.07, 6.45) is 0.491. The number of anilines is 2. The van der Waals surface area contributed by atoms with E-state index in [4.69, 9.17) is 5.73 Å². The molecule has 1 atom stereocenters. The molecule has 2 rings (SSSR count). The van der Waals surface area contributed by atoms with E-state index in [0.717, 1.165) is 28.6 Å². The first-order chi connectivity index (χ1) is 12.4. The van der Waals surface area contributed by atoms with Gasteiger partial charge in [0.2, 0.25) is 11.9 Å². The van der Waals surface area contributed by atoms with Crippen LogP contribution < -0.4 is 11.1 Å². The number of carbonyl (C=O) groups is 2. The van der Waals surface area contributed by atoms with Gasteiger partial charge in [0.05, 0.1) is 12.9 Å². The van der Waals surface area contributed by atoms with E-state index in [1.165, 1.54) is 7.11 Å². The number of nitrogens with one attached hydrogen (secondary N) is 1. The van der Waals surface area contributed by atoms with Crippen LogP contribution in [0.3, 0.4) is 0 Å². The van der Waals surface area contributed by atoms with Crippen LogP contribution in [0.4, 0.5) is 11.6 Å². The number of nitrogen functional groups attached to an aromatic ring is 1. The standard InChI is InChI=1S/C17H23N5O3S/c1-5-12(15(24)19-14-10(2)7-6-8-11(14)3)22-16(18)20-21-17(22)26-9-13(23)25-4/h6-8,12H,5,9H2,1-4H3,(H2,18,20)(H,19,24). The van der Waals surface area contributed by atoms with Gasteiger partial charge in [0.15, 0.2) is 5.16 Å². The Balaban J connectivity index is 2.26. The lowest BCUT2D eigenvalue weighted by atomic mass is 10.1. The monoisotopic (exact) mass is 377 g/mol. The summed E-state index contributed by atoms with van der Waals surface area (Å²) in [6, 6.07) is 5.23. The molecule has 3 N–H and O–H groups in total. The summed E-state index contributed by atoms with van der Waals surface area (Å²) >= 11 is 1.13. The van der Waals surface area contributed by atoms with Crippen LogP contribution in [0.25, 0.3) is 0 Å². The summed E-state index contributed by atoms with van der Waals surface area (Å²) in [6.45, 7) is 5.76. The first kappa shape index (κ1) is 19.8. The number of methoxy groups -OCH3 is 1. The van der Waals surface area contributed by atoms with Crippen LogP contribution in [-0.2, 0) is 14.3 Å². The fourth-order valence-electron chi connectivity index (χ4n) is 2.57. The number of aromatic nitrogens is 3. The number of nitrogens with two attached hydrogens (primary N) is 1. The van der Waals surface area contributed by atoms with Gasteiger partial charge in [-0.25, -0.2) is 0 Å². The van der Waals surface area contributed by atoms with Crippen LogP contribution in [0.5, 0.6) is 0 Å². The summed E-state index contributed by atoms with van der Waals surface area (Å²) in [4.78, 5) is 24.3. The third-order valence-corrected chi connectivity index (χ3v) is 4.88. The number of para-hydroxylation sites is 1. The molecule has 0 aliphatic carbocycles. The molecule has 9 heteroatoms. The molecule has 140 valence electrons. The van der Waals surface area contributed by atoms with Gasteiger partial charge < -0.3 is 15.8 Å². The highest BCUT2D eigenvalue weighted by Gasteiger charge is 2.26. The maximum absolute atomic E-state index is 12.9. The highest BCUT2D eigenvalue weighted by molar-refractivity contribution is 7.99. The van der Waals surface area contributed by atoms with Crippen molar-refractivity contribution in [3.8, 4) is 0 Å². The Morgan fingerprint density at radius 1 is 1.31 bits per heavy atom. The number of amides is 1. The zero-order chi connectivity index (χ0) is 19.3. The van der Waals surface area contributed by atoms with E-state index < -0.39 is 12.0 Å². The molecule has 0 saturated carbocycles. The molecule has 1 aromatic carbocycles. The van der Waals surface area contributed by atoms with E-state index >= 15 is 0 Å². The van der Waals surface area contributed by atoms with Gasteiger partial charge in [0, 0.05) is 5.69 Å². The Morgan fingerprint density at radius 3 is 2.54 bits per heavy atom. The number of nitrogens with zero attached hydrogens (tertiary/aromatic N) is 3. The fraction of sp³-hybridized carbons (Fsp3) is 0.412. The number of hydrogen-bond acceptors (Lipinski definition) is 7. The van der Waals surface area contributed by atoms with Crippen molar-refractivity contribution in [2.75, 3.05) is 23.9 Å². The van der Waals surface area contributed by atoms with Gasteiger partial charge in [0.1, 0.15) is 6.04 Å². The first-order valence-electron chi connectivity index (χ1n) is 8.16. The summed E-state index contributed by atoms with van der Waals surface area (Å²) in [7, 11) is 1.31. The third kappa shape index (κ3) is 4.34. The molecule has 1 amide bonds. The number of thioether (sulfide) groups is 1. The molecule has 1 unspecified atom stereocenters. The maximum atomic E-state index is 12.9. The topological polar surface area (TPSA) is 112 Å². The van der Waals surface area contributed by atoms with E-state index in [9.17, 15) is 9.59 Å². The Morgan fingerprint density at radius 2 is 1.96 bits per heavy atom. The summed E-state index contributed by atoms with van der Waals surface area (Å²) in [5.74, 6) is -0.419. The lowest BCUT2D eigenvalue weighted by Gasteiger charge is -2.20. The van der Waals surface area contributed by atoms with Crippen LogP contribution in [-0.4, -0.2) is 39.5 Å². The molecule has 0 radical (unpaired) electrons. The van der Waals surface area contributed by atoms with Gasteiger partial charge >= 0.3 is 5.97 Å². The van der Waals surface area contributed by atoms with Crippen LogP contribution in [0.1, 0.15) is 30.5 Å². The lowest BCUT2D eigenvalue weighted by Crippen LogP contribution is -2.27. The minimum Gasteiger partial charge on any atom is -0.468 e. The van der Waals surface area contributed by atoms with E-state index in [2.05, 4.69) is 20.3 Å². The minimum absolute atomic E-state index is 0.0591. The zero-order valence-corrected chi connectivity index (χ0v) is 16.1. The van der Waals surface area contributed by atoms with Gasteiger partial charge in [-0.1, -0.05) is 36.9 Å². The first-order valence-corrected chi connectivity index (χ1v) is 9.14. The van der Waals surface area contributed by atoms with Gasteiger partial charge in [-0.05, 0) is 31.4 Å². The Kier molecular flexibility index (Phi) is 6.62. The predicted octanol–water partition coefficient (Wildman–Crippen LogP) is 2.33. The quantitative estimate of drug-likeness (QED) is 0.562. The lowest BCUT2D eigenvalue weighted by molar-refractivity contribution is -0.137. The van der Waals surface area contributed by atoms with Gasteiger partial charge in [-0.15, -0.1) is 10.2 Å². The van der Waals surface area contributed by atoms with Gasteiger partial charge in [0.25, 0.3) is 0 Å². The molecule has 1 aromatic heterocycles. The van der Waals surface area contributed by atoms with Crippen molar-refractivity contribution < 1.29 is 14.3 Å². The number of benzene rings is 1. The molecule has 0 fully saturated rings. The van der Waals surface area contributed by atoms with E-state index in [-0.39, 0.29) is 17.6 Å². The zero-order valence-electron chi connectivity index (χ0n) is 15.3. The number of ether oxygens (including phenoxy) is 1. The predicted molar refractivity (Wildman–Crippen MR) is 101 cm³/mol. The highest BCUT2D eigenvalue weighted by atomic mass is 32.2. The molecule has 26 heavy (non-hydrogen) atoms. The minimum atomic E-state index is -0.593. The Labute approximate surface area is 156 Å². The molecular weight excluding hydrogens is 354 g/mol. The van der Waals surface area contributed by atoms with Crippen molar-refractivity contribution in [3.05, 3.63) is 29.3 Å².